The molecule has 0 saturated carbocycles. The molecule has 60 valence electrons. The summed E-state index contributed by atoms with van der Waals surface area (Å²) >= 11 is 2.45. The maximum absolute atomic E-state index is 3.70. The summed E-state index contributed by atoms with van der Waals surface area (Å²) in [6.07, 6.45) is 7.28. The van der Waals surface area contributed by atoms with Gasteiger partial charge in [-0.2, -0.15) is 0 Å². The van der Waals surface area contributed by atoms with Crippen LogP contribution in [0.5, 0.6) is 0 Å². The Morgan fingerprint density at radius 1 is 1.50 bits per heavy atom. The summed E-state index contributed by atoms with van der Waals surface area (Å²) in [5.41, 5.74) is 0. The molecular formula is C9H17I. The number of hydrogen-bond acceptors (Lipinski definition) is 0. The second kappa shape index (κ2) is 7.58. The van der Waals surface area contributed by atoms with E-state index in [0.717, 1.165) is 5.92 Å². The molecule has 0 N–H and O–H groups in total. The van der Waals surface area contributed by atoms with Crippen LogP contribution in [0.4, 0.5) is 0 Å². The molecule has 0 aromatic rings. The van der Waals surface area contributed by atoms with Crippen LogP contribution < -0.4 is 0 Å². The molecule has 0 unspecified atom stereocenters. The van der Waals surface area contributed by atoms with Crippen LogP contribution in [0, 0.1) is 5.92 Å². The summed E-state index contributed by atoms with van der Waals surface area (Å²) in [5, 5.41) is 0. The molecule has 0 aliphatic carbocycles. The van der Waals surface area contributed by atoms with Crippen LogP contribution in [0.25, 0.3) is 0 Å². The first-order valence-corrected chi connectivity index (χ1v) is 5.50. The fourth-order valence-electron chi connectivity index (χ4n) is 0.859. The summed E-state index contributed by atoms with van der Waals surface area (Å²) in [7, 11) is 0. The van der Waals surface area contributed by atoms with E-state index in [4.69, 9.17) is 0 Å². The van der Waals surface area contributed by atoms with Crippen LogP contribution in [-0.4, -0.2) is 4.43 Å². The molecule has 0 heterocycles. The molecule has 0 aliphatic rings. The molecule has 0 aromatic heterocycles. The van der Waals surface area contributed by atoms with E-state index in [9.17, 15) is 0 Å². The van der Waals surface area contributed by atoms with Gasteiger partial charge in [0.15, 0.2) is 0 Å². The lowest BCUT2D eigenvalue weighted by atomic mass is 10.1. The lowest BCUT2D eigenvalue weighted by molar-refractivity contribution is 0.553. The third-order valence-electron chi connectivity index (χ3n) is 1.62. The van der Waals surface area contributed by atoms with Crippen molar-refractivity contribution in [1.29, 1.82) is 0 Å². The zero-order chi connectivity index (χ0) is 7.82. The topological polar surface area (TPSA) is 0 Å². The van der Waals surface area contributed by atoms with Gasteiger partial charge in [0.2, 0.25) is 0 Å². The Bertz CT molecular complexity index is 78.8. The summed E-state index contributed by atoms with van der Waals surface area (Å²) in [6, 6.07) is 0. The third kappa shape index (κ3) is 6.59. The Morgan fingerprint density at radius 2 is 2.20 bits per heavy atom. The molecule has 0 amide bonds. The molecule has 1 heteroatoms. The number of rotatable bonds is 6. The van der Waals surface area contributed by atoms with Gasteiger partial charge >= 0.3 is 0 Å². The van der Waals surface area contributed by atoms with Crippen molar-refractivity contribution >= 4 is 22.6 Å². The van der Waals surface area contributed by atoms with Crippen LogP contribution >= 0.6 is 22.6 Å². The van der Waals surface area contributed by atoms with Gasteiger partial charge in [-0.25, -0.2) is 0 Å². The third-order valence-corrected chi connectivity index (χ3v) is 3.12. The maximum Gasteiger partial charge on any atom is 0.00210 e. The SMILES string of the molecule is C=CCCCC[C@H](C)CI. The predicted molar refractivity (Wildman–Crippen MR) is 56.7 cm³/mol. The van der Waals surface area contributed by atoms with E-state index in [1.807, 2.05) is 6.08 Å². The van der Waals surface area contributed by atoms with E-state index in [1.165, 1.54) is 30.1 Å². The van der Waals surface area contributed by atoms with Gasteiger partial charge in [-0.3, -0.25) is 0 Å². The molecule has 0 aliphatic heterocycles. The highest BCUT2D eigenvalue weighted by Gasteiger charge is 1.97. The Morgan fingerprint density at radius 3 is 2.70 bits per heavy atom. The van der Waals surface area contributed by atoms with Crippen LogP contribution in [0.3, 0.4) is 0 Å². The van der Waals surface area contributed by atoms with Crippen LogP contribution in [0.2, 0.25) is 0 Å². The molecule has 0 fully saturated rings. The van der Waals surface area contributed by atoms with Crippen molar-refractivity contribution in [2.75, 3.05) is 4.43 Å². The van der Waals surface area contributed by atoms with Gasteiger partial charge in [0, 0.05) is 4.43 Å². The quantitative estimate of drug-likeness (QED) is 0.292. The second-order valence-corrected chi connectivity index (χ2v) is 3.71. The summed E-state index contributed by atoms with van der Waals surface area (Å²) in [5.74, 6) is 0.908. The van der Waals surface area contributed by atoms with Crippen LogP contribution in [0.15, 0.2) is 12.7 Å². The molecule has 0 nitrogen and oxygen atoms in total. The standard InChI is InChI=1S/C9H17I/c1-3-4-5-6-7-9(2)8-10/h3,9H,1,4-8H2,2H3/t9-/m0/s1. The molecule has 10 heavy (non-hydrogen) atoms. The van der Waals surface area contributed by atoms with Crippen LogP contribution in [0.1, 0.15) is 32.6 Å². The highest BCUT2D eigenvalue weighted by molar-refractivity contribution is 14.1. The lowest BCUT2D eigenvalue weighted by Crippen LogP contribution is -1.94. The van der Waals surface area contributed by atoms with Crippen molar-refractivity contribution < 1.29 is 0 Å². The summed E-state index contributed by atoms with van der Waals surface area (Å²) in [4.78, 5) is 0. The van der Waals surface area contributed by atoms with Crippen molar-refractivity contribution in [1.82, 2.24) is 0 Å². The van der Waals surface area contributed by atoms with Gasteiger partial charge in [0.05, 0.1) is 0 Å². The van der Waals surface area contributed by atoms with Gasteiger partial charge in [-0.1, -0.05) is 42.0 Å². The van der Waals surface area contributed by atoms with Gasteiger partial charge in [-0.05, 0) is 25.2 Å². The van der Waals surface area contributed by atoms with E-state index in [0.29, 0.717) is 0 Å². The minimum atomic E-state index is 0.908. The smallest absolute Gasteiger partial charge is 0.00210 e. The molecule has 0 bridgehead atoms. The van der Waals surface area contributed by atoms with Crippen molar-refractivity contribution in [3.05, 3.63) is 12.7 Å². The monoisotopic (exact) mass is 252 g/mol. The second-order valence-electron chi connectivity index (χ2n) is 2.83. The van der Waals surface area contributed by atoms with Gasteiger partial charge in [0.1, 0.15) is 0 Å². The highest BCUT2D eigenvalue weighted by atomic mass is 127. The molecule has 0 rings (SSSR count). The molecule has 0 spiro atoms. The fourth-order valence-corrected chi connectivity index (χ4v) is 1.30. The Hall–Kier alpha value is 0.470. The number of allylic oxidation sites excluding steroid dienone is 1. The first kappa shape index (κ1) is 10.5. The first-order valence-electron chi connectivity index (χ1n) is 3.98. The Kier molecular flexibility index (Phi) is 7.93. The summed E-state index contributed by atoms with van der Waals surface area (Å²) in [6.45, 7) is 6.02. The first-order chi connectivity index (χ1) is 4.81. The number of unbranched alkanes of at least 4 members (excludes halogenated alkanes) is 2. The van der Waals surface area contributed by atoms with E-state index >= 15 is 0 Å². The molecular weight excluding hydrogens is 235 g/mol. The van der Waals surface area contributed by atoms with Crippen molar-refractivity contribution in [3.8, 4) is 0 Å². The van der Waals surface area contributed by atoms with Gasteiger partial charge in [-0.15, -0.1) is 6.58 Å². The van der Waals surface area contributed by atoms with Crippen molar-refractivity contribution in [2.45, 2.75) is 32.6 Å². The maximum atomic E-state index is 3.70. The lowest BCUT2D eigenvalue weighted by Gasteiger charge is -2.04. The van der Waals surface area contributed by atoms with Crippen molar-refractivity contribution in [3.63, 3.8) is 0 Å². The number of halogens is 1. The molecule has 0 radical (unpaired) electrons. The molecule has 1 atom stereocenters. The van der Waals surface area contributed by atoms with Crippen LogP contribution in [-0.2, 0) is 0 Å². The number of alkyl halides is 1. The van der Waals surface area contributed by atoms with E-state index in [-0.39, 0.29) is 0 Å². The average Bonchev–Trinajstić information content (AvgIpc) is 1.98. The average molecular weight is 252 g/mol. The predicted octanol–water partition coefficient (Wildman–Crippen LogP) is 3.80. The largest absolute Gasteiger partial charge is 0.103 e. The van der Waals surface area contributed by atoms with E-state index in [1.54, 1.807) is 0 Å². The zero-order valence-electron chi connectivity index (χ0n) is 6.78. The van der Waals surface area contributed by atoms with E-state index in [2.05, 4.69) is 36.1 Å². The van der Waals surface area contributed by atoms with Gasteiger partial charge in [0.25, 0.3) is 0 Å². The minimum absolute atomic E-state index is 0.908. The zero-order valence-corrected chi connectivity index (χ0v) is 8.93. The molecule has 0 aromatic carbocycles. The fraction of sp³-hybridized carbons (Fsp3) is 0.778. The Labute approximate surface area is 78.2 Å². The summed E-state index contributed by atoms with van der Waals surface area (Å²) < 4.78 is 1.30. The minimum Gasteiger partial charge on any atom is -0.103 e. The normalized spacial score (nSPS) is 13.0. The number of hydrogen-bond donors (Lipinski definition) is 0. The van der Waals surface area contributed by atoms with Gasteiger partial charge < -0.3 is 0 Å². The highest BCUT2D eigenvalue weighted by Crippen LogP contribution is 2.11. The van der Waals surface area contributed by atoms with Crippen molar-refractivity contribution in [2.24, 2.45) is 5.92 Å². The Balaban J connectivity index is 2.95. The van der Waals surface area contributed by atoms with E-state index < -0.39 is 0 Å². The molecule has 0 saturated heterocycles.